The molecule has 0 atom stereocenters. The first-order chi connectivity index (χ1) is 10.8. The second-order valence-electron chi connectivity index (χ2n) is 6.75. The number of rotatable bonds is 6. The molecule has 0 spiro atoms. The Morgan fingerprint density at radius 3 is 2.82 bits per heavy atom. The summed E-state index contributed by atoms with van der Waals surface area (Å²) in [5.74, 6) is 3.04. The first kappa shape index (κ1) is 14.0. The number of likely N-dealkylation sites (tertiary alicyclic amines) is 1. The molecule has 2 heterocycles. The number of amides is 1. The van der Waals surface area contributed by atoms with Crippen molar-refractivity contribution in [1.82, 2.24) is 14.9 Å². The number of carbonyl (C=O) groups is 1. The Balaban J connectivity index is 1.37. The molecule has 2 fully saturated rings. The van der Waals surface area contributed by atoms with E-state index >= 15 is 0 Å². The molecule has 1 saturated carbocycles. The fourth-order valence-corrected chi connectivity index (χ4v) is 3.54. The molecule has 4 rings (SSSR count). The molecule has 0 bridgehead atoms. The molecule has 1 saturated heterocycles. The molecule has 1 N–H and O–H groups in total. The van der Waals surface area contributed by atoms with Crippen LogP contribution in [0.4, 0.5) is 5.82 Å². The number of aryl methyl sites for hydroxylation is 1. The van der Waals surface area contributed by atoms with Gasteiger partial charge in [0, 0.05) is 43.2 Å². The lowest BCUT2D eigenvalue weighted by Gasteiger charge is -2.16. The summed E-state index contributed by atoms with van der Waals surface area (Å²) in [5.41, 5.74) is 2.61. The lowest BCUT2D eigenvalue weighted by Crippen LogP contribution is -2.27. The van der Waals surface area contributed by atoms with Crippen LogP contribution in [0.2, 0.25) is 0 Å². The number of hydrogen-bond donors (Lipinski definition) is 1. The number of carbonyl (C=O) groups excluding carboxylic acids is 1. The van der Waals surface area contributed by atoms with E-state index in [9.17, 15) is 4.79 Å². The normalized spacial score (nSPS) is 20.5. The molecular formula is C17H24N4O. The zero-order chi connectivity index (χ0) is 14.9. The predicted octanol–water partition coefficient (Wildman–Crippen LogP) is 2.27. The highest BCUT2D eigenvalue weighted by atomic mass is 16.2. The summed E-state index contributed by atoms with van der Waals surface area (Å²) in [7, 11) is 0. The van der Waals surface area contributed by atoms with Crippen LogP contribution in [0.1, 0.15) is 61.5 Å². The minimum absolute atomic E-state index is 0.318. The standard InChI is InChI=1S/C17H24N4O/c22-15-6-2-10-21(15)11-3-9-18-17-13-4-1-5-14(13)19-16(20-17)12-7-8-12/h12H,1-11H2,(H,18,19,20). The Morgan fingerprint density at radius 2 is 2.05 bits per heavy atom. The van der Waals surface area contributed by atoms with Crippen molar-refractivity contribution >= 4 is 11.7 Å². The molecule has 1 aliphatic heterocycles. The fraction of sp³-hybridized carbons (Fsp3) is 0.706. The minimum atomic E-state index is 0.318. The summed E-state index contributed by atoms with van der Waals surface area (Å²) in [6, 6.07) is 0. The zero-order valence-corrected chi connectivity index (χ0v) is 13.1. The third-order valence-corrected chi connectivity index (χ3v) is 4.96. The van der Waals surface area contributed by atoms with Gasteiger partial charge in [-0.25, -0.2) is 9.97 Å². The topological polar surface area (TPSA) is 58.1 Å². The van der Waals surface area contributed by atoms with Gasteiger partial charge in [0.25, 0.3) is 0 Å². The molecule has 1 aromatic rings. The second kappa shape index (κ2) is 5.86. The third-order valence-electron chi connectivity index (χ3n) is 4.96. The van der Waals surface area contributed by atoms with Gasteiger partial charge >= 0.3 is 0 Å². The first-order valence-corrected chi connectivity index (χ1v) is 8.72. The van der Waals surface area contributed by atoms with Crippen molar-refractivity contribution in [2.24, 2.45) is 0 Å². The van der Waals surface area contributed by atoms with Crippen LogP contribution in [-0.2, 0) is 17.6 Å². The molecule has 5 nitrogen and oxygen atoms in total. The van der Waals surface area contributed by atoms with E-state index in [-0.39, 0.29) is 0 Å². The SMILES string of the molecule is O=C1CCCN1CCCNc1nc(C2CC2)nc2c1CCC2. The lowest BCUT2D eigenvalue weighted by atomic mass is 10.2. The van der Waals surface area contributed by atoms with Crippen molar-refractivity contribution in [3.8, 4) is 0 Å². The van der Waals surface area contributed by atoms with E-state index in [0.717, 1.165) is 63.4 Å². The van der Waals surface area contributed by atoms with E-state index in [4.69, 9.17) is 9.97 Å². The molecule has 0 unspecified atom stereocenters. The van der Waals surface area contributed by atoms with Crippen molar-refractivity contribution < 1.29 is 4.79 Å². The van der Waals surface area contributed by atoms with E-state index in [0.29, 0.717) is 11.8 Å². The largest absolute Gasteiger partial charge is 0.370 e. The number of aromatic nitrogens is 2. The first-order valence-electron chi connectivity index (χ1n) is 8.72. The van der Waals surface area contributed by atoms with Gasteiger partial charge in [-0.2, -0.15) is 0 Å². The van der Waals surface area contributed by atoms with E-state index in [1.54, 1.807) is 0 Å². The van der Waals surface area contributed by atoms with E-state index in [1.165, 1.54) is 30.5 Å². The number of nitrogens with one attached hydrogen (secondary N) is 1. The monoisotopic (exact) mass is 300 g/mol. The second-order valence-corrected chi connectivity index (χ2v) is 6.75. The van der Waals surface area contributed by atoms with Crippen LogP contribution in [0.3, 0.4) is 0 Å². The Kier molecular flexibility index (Phi) is 3.72. The maximum absolute atomic E-state index is 11.6. The van der Waals surface area contributed by atoms with E-state index < -0.39 is 0 Å². The fourth-order valence-electron chi connectivity index (χ4n) is 3.54. The Morgan fingerprint density at radius 1 is 1.14 bits per heavy atom. The molecule has 5 heteroatoms. The lowest BCUT2D eigenvalue weighted by molar-refractivity contribution is -0.127. The third kappa shape index (κ3) is 2.81. The molecule has 2 aliphatic carbocycles. The molecule has 22 heavy (non-hydrogen) atoms. The van der Waals surface area contributed by atoms with E-state index in [2.05, 4.69) is 5.32 Å². The van der Waals surface area contributed by atoms with E-state index in [1.807, 2.05) is 4.90 Å². The summed E-state index contributed by atoms with van der Waals surface area (Å²) in [6.45, 7) is 2.69. The highest BCUT2D eigenvalue weighted by Crippen LogP contribution is 2.40. The molecule has 3 aliphatic rings. The summed E-state index contributed by atoms with van der Waals surface area (Å²) >= 11 is 0. The highest BCUT2D eigenvalue weighted by Gasteiger charge is 2.29. The molecule has 0 aromatic carbocycles. The number of hydrogen-bond acceptors (Lipinski definition) is 4. The number of anilines is 1. The summed E-state index contributed by atoms with van der Waals surface area (Å²) in [6.07, 6.45) is 8.65. The van der Waals surface area contributed by atoms with Crippen LogP contribution < -0.4 is 5.32 Å². The van der Waals surface area contributed by atoms with Gasteiger partial charge in [0.2, 0.25) is 5.91 Å². The summed E-state index contributed by atoms with van der Waals surface area (Å²) in [5, 5.41) is 3.52. The van der Waals surface area contributed by atoms with Crippen LogP contribution in [0.15, 0.2) is 0 Å². The Hall–Kier alpha value is -1.65. The quantitative estimate of drug-likeness (QED) is 0.819. The molecule has 0 radical (unpaired) electrons. The van der Waals surface area contributed by atoms with Gasteiger partial charge in [-0.3, -0.25) is 4.79 Å². The molecular weight excluding hydrogens is 276 g/mol. The van der Waals surface area contributed by atoms with Gasteiger partial charge in [0.1, 0.15) is 11.6 Å². The van der Waals surface area contributed by atoms with Crippen LogP contribution in [-0.4, -0.2) is 40.4 Å². The van der Waals surface area contributed by atoms with Crippen LogP contribution in [0.25, 0.3) is 0 Å². The minimum Gasteiger partial charge on any atom is -0.370 e. The van der Waals surface area contributed by atoms with Gasteiger partial charge in [-0.1, -0.05) is 0 Å². The highest BCUT2D eigenvalue weighted by molar-refractivity contribution is 5.78. The number of nitrogens with zero attached hydrogens (tertiary/aromatic N) is 3. The molecule has 1 amide bonds. The van der Waals surface area contributed by atoms with Gasteiger partial charge in [0.05, 0.1) is 0 Å². The maximum atomic E-state index is 11.6. The van der Waals surface area contributed by atoms with Gasteiger partial charge in [-0.05, 0) is 44.9 Å². The Bertz CT molecular complexity index is 582. The average molecular weight is 300 g/mol. The zero-order valence-electron chi connectivity index (χ0n) is 13.1. The summed E-state index contributed by atoms with van der Waals surface area (Å²) < 4.78 is 0. The Labute approximate surface area is 131 Å². The molecule has 118 valence electrons. The maximum Gasteiger partial charge on any atom is 0.222 e. The van der Waals surface area contributed by atoms with Crippen molar-refractivity contribution in [2.75, 3.05) is 25.0 Å². The van der Waals surface area contributed by atoms with Crippen molar-refractivity contribution in [3.05, 3.63) is 17.1 Å². The van der Waals surface area contributed by atoms with Gasteiger partial charge in [-0.15, -0.1) is 0 Å². The summed E-state index contributed by atoms with van der Waals surface area (Å²) in [4.78, 5) is 23.2. The number of fused-ring (bicyclic) bond motifs is 1. The van der Waals surface area contributed by atoms with Crippen molar-refractivity contribution in [3.63, 3.8) is 0 Å². The molecule has 1 aromatic heterocycles. The van der Waals surface area contributed by atoms with Crippen LogP contribution >= 0.6 is 0 Å². The average Bonchev–Trinajstić information content (AvgIpc) is 3.13. The van der Waals surface area contributed by atoms with Gasteiger partial charge in [0.15, 0.2) is 0 Å². The smallest absolute Gasteiger partial charge is 0.222 e. The predicted molar refractivity (Wildman–Crippen MR) is 85.0 cm³/mol. The van der Waals surface area contributed by atoms with Crippen LogP contribution in [0.5, 0.6) is 0 Å². The van der Waals surface area contributed by atoms with Gasteiger partial charge < -0.3 is 10.2 Å². The van der Waals surface area contributed by atoms with Crippen molar-refractivity contribution in [1.29, 1.82) is 0 Å². The van der Waals surface area contributed by atoms with Crippen LogP contribution in [0, 0.1) is 0 Å². The van der Waals surface area contributed by atoms with Crippen molar-refractivity contribution in [2.45, 2.75) is 57.3 Å².